The van der Waals surface area contributed by atoms with Gasteiger partial charge in [-0.25, -0.2) is 0 Å². The largest absolute Gasteiger partial charge is 0.493 e. The number of hydrogen-bond acceptors (Lipinski definition) is 4. The van der Waals surface area contributed by atoms with Gasteiger partial charge in [0.15, 0.2) is 11.5 Å². The fourth-order valence-electron chi connectivity index (χ4n) is 4.08. The van der Waals surface area contributed by atoms with Crippen molar-refractivity contribution in [2.45, 2.75) is 19.4 Å². The SMILES string of the molecule is COc1cc(/C=C(\C#N)C(=O)NCCCc2ccccc2)cc(Br)c1OCc1cccc2ccccc12. The van der Waals surface area contributed by atoms with Crippen molar-refractivity contribution in [1.29, 1.82) is 5.26 Å². The van der Waals surface area contributed by atoms with E-state index in [0.717, 1.165) is 29.2 Å². The van der Waals surface area contributed by atoms with Gasteiger partial charge in [0.1, 0.15) is 18.2 Å². The maximum atomic E-state index is 12.6. The van der Waals surface area contributed by atoms with Gasteiger partial charge < -0.3 is 14.8 Å². The molecule has 0 spiro atoms. The van der Waals surface area contributed by atoms with Crippen molar-refractivity contribution in [3.63, 3.8) is 0 Å². The number of halogens is 1. The summed E-state index contributed by atoms with van der Waals surface area (Å²) < 4.78 is 12.4. The molecule has 0 radical (unpaired) electrons. The first-order valence-electron chi connectivity index (χ1n) is 12.0. The Bertz CT molecular complexity index is 1450. The predicted octanol–water partition coefficient (Wildman–Crippen LogP) is 6.85. The van der Waals surface area contributed by atoms with Crippen molar-refractivity contribution in [1.82, 2.24) is 5.32 Å². The third-order valence-corrected chi connectivity index (χ3v) is 6.54. The Morgan fingerprint density at radius 1 is 1.03 bits per heavy atom. The number of nitrogens with zero attached hydrogens (tertiary/aromatic N) is 1. The highest BCUT2D eigenvalue weighted by molar-refractivity contribution is 9.10. The van der Waals surface area contributed by atoms with Crippen molar-refractivity contribution in [2.75, 3.05) is 13.7 Å². The third-order valence-electron chi connectivity index (χ3n) is 5.95. The second-order valence-electron chi connectivity index (χ2n) is 8.48. The number of carbonyl (C=O) groups excluding carboxylic acids is 1. The van der Waals surface area contributed by atoms with E-state index in [4.69, 9.17) is 9.47 Å². The minimum Gasteiger partial charge on any atom is -0.493 e. The predicted molar refractivity (Wildman–Crippen MR) is 150 cm³/mol. The lowest BCUT2D eigenvalue weighted by Crippen LogP contribution is -2.25. The van der Waals surface area contributed by atoms with Gasteiger partial charge in [0, 0.05) is 6.54 Å². The van der Waals surface area contributed by atoms with Crippen LogP contribution >= 0.6 is 15.9 Å². The molecular formula is C31H27BrN2O3. The molecule has 0 heterocycles. The van der Waals surface area contributed by atoms with E-state index in [1.165, 1.54) is 5.56 Å². The summed E-state index contributed by atoms with van der Waals surface area (Å²) in [6, 6.07) is 29.9. The molecule has 0 fully saturated rings. The minimum absolute atomic E-state index is 0.0260. The fourth-order valence-corrected chi connectivity index (χ4v) is 4.66. The number of nitriles is 1. The molecule has 5 nitrogen and oxygen atoms in total. The van der Waals surface area contributed by atoms with Crippen LogP contribution in [0.25, 0.3) is 16.8 Å². The van der Waals surface area contributed by atoms with Gasteiger partial charge in [0.25, 0.3) is 5.91 Å². The molecular weight excluding hydrogens is 528 g/mol. The molecule has 1 amide bonds. The molecule has 1 N–H and O–H groups in total. The number of methoxy groups -OCH3 is 1. The number of carbonyl (C=O) groups is 1. The summed E-state index contributed by atoms with van der Waals surface area (Å²) in [5.41, 5.74) is 2.95. The minimum atomic E-state index is -0.401. The Kier molecular flexibility index (Phi) is 8.96. The smallest absolute Gasteiger partial charge is 0.261 e. The summed E-state index contributed by atoms with van der Waals surface area (Å²) in [7, 11) is 1.56. The van der Waals surface area contributed by atoms with Gasteiger partial charge in [-0.15, -0.1) is 0 Å². The van der Waals surface area contributed by atoms with Crippen LogP contribution in [0.3, 0.4) is 0 Å². The molecule has 0 bridgehead atoms. The number of benzene rings is 4. The number of ether oxygens (including phenoxy) is 2. The molecule has 0 aliphatic heterocycles. The van der Waals surface area contributed by atoms with Crippen molar-refractivity contribution in [3.05, 3.63) is 112 Å². The van der Waals surface area contributed by atoms with Gasteiger partial charge in [0.2, 0.25) is 0 Å². The van der Waals surface area contributed by atoms with Crippen molar-refractivity contribution in [2.24, 2.45) is 0 Å². The summed E-state index contributed by atoms with van der Waals surface area (Å²) in [5, 5.41) is 14.7. The molecule has 0 unspecified atom stereocenters. The third kappa shape index (κ3) is 6.78. The molecule has 4 aromatic carbocycles. The maximum Gasteiger partial charge on any atom is 0.261 e. The molecule has 0 aliphatic carbocycles. The molecule has 186 valence electrons. The molecule has 0 atom stereocenters. The zero-order valence-electron chi connectivity index (χ0n) is 20.5. The van der Waals surface area contributed by atoms with E-state index in [1.54, 1.807) is 25.3 Å². The average Bonchev–Trinajstić information content (AvgIpc) is 2.93. The highest BCUT2D eigenvalue weighted by Crippen LogP contribution is 2.38. The van der Waals surface area contributed by atoms with E-state index in [1.807, 2.05) is 48.5 Å². The number of fused-ring (bicyclic) bond motifs is 1. The Labute approximate surface area is 225 Å². The number of hydrogen-bond donors (Lipinski definition) is 1. The van der Waals surface area contributed by atoms with Crippen LogP contribution in [-0.2, 0) is 17.8 Å². The lowest BCUT2D eigenvalue weighted by Gasteiger charge is -2.15. The van der Waals surface area contributed by atoms with Crippen LogP contribution in [0.5, 0.6) is 11.5 Å². The van der Waals surface area contributed by atoms with Crippen molar-refractivity contribution < 1.29 is 14.3 Å². The summed E-state index contributed by atoms with van der Waals surface area (Å²) >= 11 is 3.57. The second kappa shape index (κ2) is 12.8. The number of rotatable bonds is 10. The summed E-state index contributed by atoms with van der Waals surface area (Å²) in [6.45, 7) is 0.848. The van der Waals surface area contributed by atoms with Crippen LogP contribution in [0.1, 0.15) is 23.1 Å². The fraction of sp³-hybridized carbons (Fsp3) is 0.161. The maximum absolute atomic E-state index is 12.6. The van der Waals surface area contributed by atoms with E-state index in [-0.39, 0.29) is 5.57 Å². The lowest BCUT2D eigenvalue weighted by atomic mass is 10.1. The van der Waals surface area contributed by atoms with E-state index >= 15 is 0 Å². The summed E-state index contributed by atoms with van der Waals surface area (Å²) in [4.78, 5) is 12.6. The Morgan fingerprint density at radius 3 is 2.57 bits per heavy atom. The Balaban J connectivity index is 1.44. The average molecular weight is 555 g/mol. The van der Waals surface area contributed by atoms with Crippen LogP contribution in [-0.4, -0.2) is 19.6 Å². The van der Waals surface area contributed by atoms with E-state index < -0.39 is 5.91 Å². The molecule has 0 saturated carbocycles. The zero-order chi connectivity index (χ0) is 26.0. The van der Waals surface area contributed by atoms with Crippen LogP contribution in [0, 0.1) is 11.3 Å². The molecule has 6 heteroatoms. The number of nitrogens with one attached hydrogen (secondary N) is 1. The highest BCUT2D eigenvalue weighted by Gasteiger charge is 2.14. The molecule has 0 aromatic heterocycles. The van der Waals surface area contributed by atoms with Crippen LogP contribution in [0.2, 0.25) is 0 Å². The lowest BCUT2D eigenvalue weighted by molar-refractivity contribution is -0.117. The molecule has 37 heavy (non-hydrogen) atoms. The standard InChI is InChI=1S/C31H27BrN2O3/c1-36-29-19-23(17-26(20-33)31(35)34-16-8-11-22-9-3-2-4-10-22)18-28(32)30(29)37-21-25-14-7-13-24-12-5-6-15-27(24)25/h2-7,9-10,12-15,17-19H,8,11,16,21H2,1H3,(H,34,35)/b26-17+. The topological polar surface area (TPSA) is 71.3 Å². The van der Waals surface area contributed by atoms with Gasteiger partial charge >= 0.3 is 0 Å². The normalized spacial score (nSPS) is 11.1. The van der Waals surface area contributed by atoms with Gasteiger partial charge in [-0.05, 0) is 74.4 Å². The van der Waals surface area contributed by atoms with E-state index in [2.05, 4.69) is 51.6 Å². The van der Waals surface area contributed by atoms with Gasteiger partial charge in [-0.3, -0.25) is 4.79 Å². The van der Waals surface area contributed by atoms with E-state index in [9.17, 15) is 10.1 Å². The molecule has 4 aromatic rings. The summed E-state index contributed by atoms with van der Waals surface area (Å²) in [5.74, 6) is 0.653. The van der Waals surface area contributed by atoms with Crippen LogP contribution in [0.4, 0.5) is 0 Å². The first kappa shape index (κ1) is 26.0. The second-order valence-corrected chi connectivity index (χ2v) is 9.33. The first-order valence-corrected chi connectivity index (χ1v) is 12.8. The number of amides is 1. The Morgan fingerprint density at radius 2 is 1.78 bits per heavy atom. The van der Waals surface area contributed by atoms with Gasteiger partial charge in [-0.1, -0.05) is 72.8 Å². The number of aryl methyl sites for hydroxylation is 1. The Hall–Kier alpha value is -4.08. The van der Waals surface area contributed by atoms with Crippen molar-refractivity contribution in [3.8, 4) is 17.6 Å². The van der Waals surface area contributed by atoms with Crippen molar-refractivity contribution >= 4 is 38.7 Å². The van der Waals surface area contributed by atoms with Gasteiger partial charge in [-0.2, -0.15) is 5.26 Å². The van der Waals surface area contributed by atoms with E-state index in [0.29, 0.717) is 34.7 Å². The van der Waals surface area contributed by atoms with Gasteiger partial charge in [0.05, 0.1) is 11.6 Å². The quantitative estimate of drug-likeness (QED) is 0.132. The van der Waals surface area contributed by atoms with Crippen LogP contribution < -0.4 is 14.8 Å². The zero-order valence-corrected chi connectivity index (χ0v) is 22.1. The molecule has 0 saturated heterocycles. The monoisotopic (exact) mass is 554 g/mol. The first-order chi connectivity index (χ1) is 18.1. The highest BCUT2D eigenvalue weighted by atomic mass is 79.9. The molecule has 4 rings (SSSR count). The molecule has 0 aliphatic rings. The van der Waals surface area contributed by atoms with Crippen LogP contribution in [0.15, 0.2) is 95.0 Å². The summed E-state index contributed by atoms with van der Waals surface area (Å²) in [6.07, 6.45) is 3.20.